The first kappa shape index (κ1) is 17.0. The van der Waals surface area contributed by atoms with Crippen LogP contribution < -0.4 is 9.47 Å². The Morgan fingerprint density at radius 2 is 1.86 bits per heavy atom. The van der Waals surface area contributed by atoms with Crippen molar-refractivity contribution >= 4 is 5.97 Å². The number of benzene rings is 1. The van der Waals surface area contributed by atoms with Crippen LogP contribution in [0, 0.1) is 0 Å². The Hall–Kier alpha value is -2.06. The van der Waals surface area contributed by atoms with Gasteiger partial charge in [-0.05, 0) is 18.6 Å². The first-order valence-electron chi connectivity index (χ1n) is 5.62. The summed E-state index contributed by atoms with van der Waals surface area (Å²) in [4.78, 5) is 11.0. The lowest BCUT2D eigenvalue weighted by Crippen LogP contribution is -2.19. The van der Waals surface area contributed by atoms with Gasteiger partial charge in [-0.2, -0.15) is 8.78 Å². The number of carbonyl (C=O) groups is 1. The predicted molar refractivity (Wildman–Crippen MR) is 60.1 cm³/mol. The van der Waals surface area contributed by atoms with Gasteiger partial charge in [-0.3, -0.25) is 4.79 Å². The summed E-state index contributed by atoms with van der Waals surface area (Å²) in [5.74, 6) is -1.90. The number of esters is 1. The highest BCUT2D eigenvalue weighted by atomic mass is 19.4. The van der Waals surface area contributed by atoms with Gasteiger partial charge in [0.1, 0.15) is 11.5 Å². The standard InChI is InChI=1S/C12H11F5O4/c1-19-10(18)6-5-7-8(20-11(13)14)3-2-4-9(7)21-12(15,16)17/h2-4,11H,5-6H2,1H3. The molecule has 9 heteroatoms. The highest BCUT2D eigenvalue weighted by Crippen LogP contribution is 2.34. The summed E-state index contributed by atoms with van der Waals surface area (Å²) in [6, 6.07) is 3.07. The molecule has 0 unspecified atom stereocenters. The van der Waals surface area contributed by atoms with E-state index >= 15 is 0 Å². The summed E-state index contributed by atoms with van der Waals surface area (Å²) in [7, 11) is 1.09. The van der Waals surface area contributed by atoms with Gasteiger partial charge in [0.2, 0.25) is 0 Å². The minimum absolute atomic E-state index is 0.291. The van der Waals surface area contributed by atoms with Crippen molar-refractivity contribution in [2.45, 2.75) is 25.8 Å². The molecule has 0 aliphatic heterocycles. The van der Waals surface area contributed by atoms with Crippen molar-refractivity contribution in [2.24, 2.45) is 0 Å². The fourth-order valence-electron chi connectivity index (χ4n) is 1.55. The molecule has 0 aliphatic carbocycles. The molecule has 0 amide bonds. The predicted octanol–water partition coefficient (Wildman–Crippen LogP) is 3.29. The average Bonchev–Trinajstić information content (AvgIpc) is 2.35. The molecule has 0 saturated heterocycles. The number of alkyl halides is 5. The molecule has 0 fully saturated rings. The van der Waals surface area contributed by atoms with Gasteiger partial charge in [-0.15, -0.1) is 13.2 Å². The monoisotopic (exact) mass is 314 g/mol. The molecule has 0 aliphatic rings. The zero-order chi connectivity index (χ0) is 16.0. The zero-order valence-corrected chi connectivity index (χ0v) is 10.7. The fraction of sp³-hybridized carbons (Fsp3) is 0.417. The Morgan fingerprint density at radius 3 is 2.38 bits per heavy atom. The second-order valence-corrected chi connectivity index (χ2v) is 3.74. The van der Waals surface area contributed by atoms with Crippen LogP contribution in [0.5, 0.6) is 11.5 Å². The van der Waals surface area contributed by atoms with Crippen LogP contribution in [0.2, 0.25) is 0 Å². The van der Waals surface area contributed by atoms with E-state index in [1.165, 1.54) is 0 Å². The van der Waals surface area contributed by atoms with Crippen molar-refractivity contribution in [3.05, 3.63) is 23.8 Å². The van der Waals surface area contributed by atoms with E-state index in [0.29, 0.717) is 0 Å². The molecule has 0 atom stereocenters. The molecule has 21 heavy (non-hydrogen) atoms. The second kappa shape index (κ2) is 7.09. The Bertz CT molecular complexity index is 487. The molecule has 118 valence electrons. The lowest BCUT2D eigenvalue weighted by Gasteiger charge is -2.16. The molecule has 0 saturated carbocycles. The van der Waals surface area contributed by atoms with Crippen LogP contribution in [0.3, 0.4) is 0 Å². The molecule has 0 bridgehead atoms. The number of halogens is 5. The quantitative estimate of drug-likeness (QED) is 0.597. The summed E-state index contributed by atoms with van der Waals surface area (Å²) in [6.45, 7) is -3.22. The third kappa shape index (κ3) is 5.84. The average molecular weight is 314 g/mol. The summed E-state index contributed by atoms with van der Waals surface area (Å²) >= 11 is 0. The third-order valence-electron chi connectivity index (χ3n) is 2.34. The SMILES string of the molecule is COC(=O)CCc1c(OC(F)F)cccc1OC(F)(F)F. The van der Waals surface area contributed by atoms with Crippen LogP contribution in [-0.4, -0.2) is 26.1 Å². The van der Waals surface area contributed by atoms with Crippen LogP contribution in [-0.2, 0) is 16.0 Å². The third-order valence-corrected chi connectivity index (χ3v) is 2.34. The topological polar surface area (TPSA) is 44.8 Å². The Labute approximate surface area is 116 Å². The van der Waals surface area contributed by atoms with Gasteiger partial charge in [0.25, 0.3) is 0 Å². The molecule has 0 radical (unpaired) electrons. The maximum absolute atomic E-state index is 12.3. The van der Waals surface area contributed by atoms with Gasteiger partial charge < -0.3 is 14.2 Å². The number of carbonyl (C=O) groups excluding carboxylic acids is 1. The normalized spacial score (nSPS) is 11.4. The molecule has 1 aromatic carbocycles. The minimum atomic E-state index is -5.00. The van der Waals surface area contributed by atoms with Gasteiger partial charge in [0, 0.05) is 12.0 Å². The van der Waals surface area contributed by atoms with Crippen LogP contribution in [0.4, 0.5) is 22.0 Å². The Morgan fingerprint density at radius 1 is 1.24 bits per heavy atom. The summed E-state index contributed by atoms with van der Waals surface area (Å²) in [5, 5.41) is 0. The summed E-state index contributed by atoms with van der Waals surface area (Å²) in [5.41, 5.74) is -0.291. The number of hydrogen-bond acceptors (Lipinski definition) is 4. The number of rotatable bonds is 6. The number of hydrogen-bond donors (Lipinski definition) is 0. The summed E-state index contributed by atoms with van der Waals surface area (Å²) < 4.78 is 73.6. The minimum Gasteiger partial charge on any atom is -0.469 e. The molecule has 4 nitrogen and oxygen atoms in total. The van der Waals surface area contributed by atoms with Crippen molar-refractivity contribution in [3.8, 4) is 11.5 Å². The van der Waals surface area contributed by atoms with E-state index in [4.69, 9.17) is 0 Å². The van der Waals surface area contributed by atoms with Crippen LogP contribution in [0.1, 0.15) is 12.0 Å². The Balaban J connectivity index is 3.07. The van der Waals surface area contributed by atoms with E-state index in [-0.39, 0.29) is 18.4 Å². The van der Waals surface area contributed by atoms with Gasteiger partial charge >= 0.3 is 18.9 Å². The smallest absolute Gasteiger partial charge is 0.469 e. The van der Waals surface area contributed by atoms with Crippen molar-refractivity contribution in [3.63, 3.8) is 0 Å². The first-order chi connectivity index (χ1) is 9.73. The van der Waals surface area contributed by atoms with E-state index in [9.17, 15) is 26.7 Å². The van der Waals surface area contributed by atoms with Crippen molar-refractivity contribution in [1.29, 1.82) is 0 Å². The van der Waals surface area contributed by atoms with E-state index in [1.807, 2.05) is 0 Å². The molecular weight excluding hydrogens is 303 g/mol. The molecule has 0 aromatic heterocycles. The first-order valence-corrected chi connectivity index (χ1v) is 5.62. The molecule has 0 heterocycles. The highest BCUT2D eigenvalue weighted by Gasteiger charge is 2.33. The van der Waals surface area contributed by atoms with Crippen molar-refractivity contribution < 1.29 is 41.0 Å². The van der Waals surface area contributed by atoms with Crippen molar-refractivity contribution in [2.75, 3.05) is 7.11 Å². The van der Waals surface area contributed by atoms with E-state index < -0.39 is 30.4 Å². The van der Waals surface area contributed by atoms with Gasteiger partial charge in [0.15, 0.2) is 0 Å². The lowest BCUT2D eigenvalue weighted by atomic mass is 10.1. The van der Waals surface area contributed by atoms with Gasteiger partial charge in [-0.25, -0.2) is 0 Å². The number of ether oxygens (including phenoxy) is 3. The lowest BCUT2D eigenvalue weighted by molar-refractivity contribution is -0.274. The van der Waals surface area contributed by atoms with Crippen LogP contribution >= 0.6 is 0 Å². The van der Waals surface area contributed by atoms with Crippen molar-refractivity contribution in [1.82, 2.24) is 0 Å². The molecular formula is C12H11F5O4. The van der Waals surface area contributed by atoms with Crippen LogP contribution in [0.15, 0.2) is 18.2 Å². The molecule has 0 spiro atoms. The summed E-state index contributed by atoms with van der Waals surface area (Å²) in [6.07, 6.45) is -5.61. The molecule has 1 aromatic rings. The molecule has 0 N–H and O–H groups in total. The maximum atomic E-state index is 12.3. The van der Waals surface area contributed by atoms with E-state index in [2.05, 4.69) is 14.2 Å². The Kier molecular flexibility index (Phi) is 5.74. The fourth-order valence-corrected chi connectivity index (χ4v) is 1.55. The van der Waals surface area contributed by atoms with Crippen LogP contribution in [0.25, 0.3) is 0 Å². The van der Waals surface area contributed by atoms with E-state index in [1.54, 1.807) is 0 Å². The highest BCUT2D eigenvalue weighted by molar-refractivity contribution is 5.70. The van der Waals surface area contributed by atoms with Gasteiger partial charge in [0.05, 0.1) is 7.11 Å². The largest absolute Gasteiger partial charge is 0.573 e. The molecule has 1 rings (SSSR count). The number of methoxy groups -OCH3 is 1. The zero-order valence-electron chi connectivity index (χ0n) is 10.7. The second-order valence-electron chi connectivity index (χ2n) is 3.74. The maximum Gasteiger partial charge on any atom is 0.573 e. The van der Waals surface area contributed by atoms with Gasteiger partial charge in [-0.1, -0.05) is 6.07 Å². The van der Waals surface area contributed by atoms with E-state index in [0.717, 1.165) is 25.3 Å².